The lowest BCUT2D eigenvalue weighted by molar-refractivity contribution is -0.134. The Balaban J connectivity index is 0.000000782. The molecule has 0 saturated carbocycles. The summed E-state index contributed by atoms with van der Waals surface area (Å²) in [7, 11) is 0. The van der Waals surface area contributed by atoms with Gasteiger partial charge in [0.2, 0.25) is 0 Å². The summed E-state index contributed by atoms with van der Waals surface area (Å²) < 4.78 is 16.0. The minimum absolute atomic E-state index is 0.0635. The van der Waals surface area contributed by atoms with Gasteiger partial charge in [-0.2, -0.15) is 0 Å². The van der Waals surface area contributed by atoms with E-state index >= 15 is 0 Å². The van der Waals surface area contributed by atoms with E-state index in [4.69, 9.17) is 14.2 Å². The van der Waals surface area contributed by atoms with Gasteiger partial charge < -0.3 is 14.2 Å². The zero-order chi connectivity index (χ0) is 31.1. The quantitative estimate of drug-likeness (QED) is 0.128. The third-order valence-corrected chi connectivity index (χ3v) is 5.75. The van der Waals surface area contributed by atoms with Crippen molar-refractivity contribution in [2.45, 2.75) is 46.5 Å². The molecule has 0 N–H and O–H groups in total. The second kappa shape index (κ2) is 16.9. The van der Waals surface area contributed by atoms with Gasteiger partial charge in [-0.25, -0.2) is 9.59 Å². The van der Waals surface area contributed by atoms with E-state index in [0.717, 1.165) is 23.6 Å². The molecule has 0 amide bonds. The molecule has 0 heterocycles. The molecule has 7 heteroatoms. The number of carbonyl (C=O) groups is 4. The van der Waals surface area contributed by atoms with E-state index in [1.807, 2.05) is 38.1 Å². The number of rotatable bonds is 12. The van der Waals surface area contributed by atoms with Gasteiger partial charge in [0.15, 0.2) is 17.3 Å². The first kappa shape index (κ1) is 33.2. The summed E-state index contributed by atoms with van der Waals surface area (Å²) in [6.45, 7) is 15.8. The predicted octanol–water partition coefficient (Wildman–Crippen LogP) is 7.31. The van der Waals surface area contributed by atoms with Crippen LogP contribution in [0.2, 0.25) is 0 Å². The number of aryl methyl sites for hydroxylation is 2. The van der Waals surface area contributed by atoms with Crippen molar-refractivity contribution in [1.82, 2.24) is 0 Å². The third-order valence-electron chi connectivity index (χ3n) is 5.75. The fourth-order valence-corrected chi connectivity index (χ4v) is 3.44. The zero-order valence-corrected chi connectivity index (χ0v) is 24.3. The van der Waals surface area contributed by atoms with E-state index in [9.17, 15) is 19.2 Å². The molecule has 0 radical (unpaired) electrons. The first-order valence-corrected chi connectivity index (χ1v) is 13.4. The molecule has 0 spiro atoms. The van der Waals surface area contributed by atoms with E-state index in [1.54, 1.807) is 36.4 Å². The molecular weight excluding hydrogens is 532 g/mol. The molecule has 0 aliphatic heterocycles. The predicted molar refractivity (Wildman–Crippen MR) is 163 cm³/mol. The Morgan fingerprint density at radius 1 is 0.762 bits per heavy atom. The van der Waals surface area contributed by atoms with Crippen LogP contribution < -0.4 is 14.2 Å². The highest BCUT2D eigenvalue weighted by molar-refractivity contribution is 5.90. The summed E-state index contributed by atoms with van der Waals surface area (Å²) in [4.78, 5) is 46.2. The molecule has 0 aromatic heterocycles. The lowest BCUT2D eigenvalue weighted by atomic mass is 10.0. The number of hydrogen-bond acceptors (Lipinski definition) is 7. The van der Waals surface area contributed by atoms with Gasteiger partial charge in [-0.05, 0) is 73.7 Å². The molecule has 0 unspecified atom stereocenters. The van der Waals surface area contributed by atoms with Crippen molar-refractivity contribution in [3.05, 3.63) is 115 Å². The van der Waals surface area contributed by atoms with Crippen LogP contribution in [0.15, 0.2) is 104 Å². The molecule has 0 saturated heterocycles. The van der Waals surface area contributed by atoms with E-state index in [1.165, 1.54) is 24.6 Å². The summed E-state index contributed by atoms with van der Waals surface area (Å²) in [5.41, 5.74) is 3.93. The van der Waals surface area contributed by atoms with Crippen LogP contribution in [0, 0.1) is 6.92 Å². The first-order valence-electron chi connectivity index (χ1n) is 13.4. The summed E-state index contributed by atoms with van der Waals surface area (Å²) in [5.74, 6) is -0.939. The zero-order valence-electron chi connectivity index (χ0n) is 24.3. The molecule has 7 nitrogen and oxygen atoms in total. The first-order chi connectivity index (χ1) is 20.1. The summed E-state index contributed by atoms with van der Waals surface area (Å²) in [6, 6.07) is 19.8. The third kappa shape index (κ3) is 11.2. The van der Waals surface area contributed by atoms with Gasteiger partial charge in [-0.3, -0.25) is 9.59 Å². The van der Waals surface area contributed by atoms with E-state index in [2.05, 4.69) is 19.7 Å². The van der Waals surface area contributed by atoms with Crippen molar-refractivity contribution >= 4 is 23.7 Å². The monoisotopic (exact) mass is 568 g/mol. The molecule has 3 rings (SSSR count). The summed E-state index contributed by atoms with van der Waals surface area (Å²) in [5, 5.41) is 0. The molecule has 0 bridgehead atoms. The van der Waals surface area contributed by atoms with Crippen LogP contribution in [0.25, 0.3) is 11.1 Å². The van der Waals surface area contributed by atoms with E-state index in [-0.39, 0.29) is 35.2 Å². The van der Waals surface area contributed by atoms with Crippen LogP contribution in [0.1, 0.15) is 44.2 Å². The summed E-state index contributed by atoms with van der Waals surface area (Å²) in [6.07, 6.45) is 4.82. The lowest BCUT2D eigenvalue weighted by Crippen LogP contribution is -2.11. The van der Waals surface area contributed by atoms with E-state index < -0.39 is 11.9 Å². The number of allylic oxidation sites excluding steroid dienone is 1. The Kier molecular flexibility index (Phi) is 13.4. The number of ether oxygens (including phenoxy) is 3. The molecule has 3 aromatic carbocycles. The van der Waals surface area contributed by atoms with Gasteiger partial charge in [-0.15, -0.1) is 0 Å². The SMILES string of the molecule is C=CC(=O)CCC.C=CC(=O)Oc1cc(-c2ccc(OC(=O)CCc3ccc(C)cc3)cc2)ccc1OC(=O)C(=C)C. The molecule has 0 aliphatic carbocycles. The normalized spacial score (nSPS) is 9.88. The smallest absolute Gasteiger partial charge is 0.338 e. The number of carbonyl (C=O) groups excluding carboxylic acids is 4. The molecule has 0 atom stereocenters. The molecule has 0 fully saturated rings. The maximum Gasteiger partial charge on any atom is 0.338 e. The Morgan fingerprint density at radius 2 is 1.40 bits per heavy atom. The number of benzene rings is 3. The maximum absolute atomic E-state index is 12.2. The highest BCUT2D eigenvalue weighted by Crippen LogP contribution is 2.34. The largest absolute Gasteiger partial charge is 0.427 e. The average Bonchev–Trinajstić information content (AvgIpc) is 2.98. The van der Waals surface area contributed by atoms with Gasteiger partial charge >= 0.3 is 17.9 Å². The molecule has 0 aliphatic rings. The fourth-order valence-electron chi connectivity index (χ4n) is 3.44. The Bertz CT molecular complexity index is 1430. The molecular formula is C35H36O7. The minimum atomic E-state index is -0.692. The van der Waals surface area contributed by atoms with Crippen molar-refractivity contribution < 1.29 is 33.4 Å². The van der Waals surface area contributed by atoms with Crippen molar-refractivity contribution in [1.29, 1.82) is 0 Å². The standard InChI is InChI=1S/C29H26O6.C6H10O/c1-5-27(30)34-26-18-23(13-16-25(26)35-29(32)19(2)3)22-11-14-24(15-12-22)33-28(31)17-10-21-8-6-20(4)7-9-21;1-3-5-6(7)4-2/h5-9,11-16,18H,1-2,10,17H2,3-4H3;4H,2-3,5H2,1H3. The van der Waals surface area contributed by atoms with Crippen LogP contribution >= 0.6 is 0 Å². The number of ketones is 1. The average molecular weight is 569 g/mol. The van der Waals surface area contributed by atoms with Crippen LogP contribution in [-0.2, 0) is 25.6 Å². The second-order valence-corrected chi connectivity index (χ2v) is 9.36. The van der Waals surface area contributed by atoms with Crippen LogP contribution in [0.4, 0.5) is 0 Å². The molecule has 3 aromatic rings. The van der Waals surface area contributed by atoms with Gasteiger partial charge in [-0.1, -0.05) is 74.7 Å². The van der Waals surface area contributed by atoms with Crippen molar-refractivity contribution in [2.75, 3.05) is 0 Å². The number of hydrogen-bond donors (Lipinski definition) is 0. The molecule has 42 heavy (non-hydrogen) atoms. The van der Waals surface area contributed by atoms with Gasteiger partial charge in [0.05, 0.1) is 0 Å². The van der Waals surface area contributed by atoms with E-state index in [0.29, 0.717) is 24.2 Å². The highest BCUT2D eigenvalue weighted by Gasteiger charge is 2.15. The number of esters is 3. The lowest BCUT2D eigenvalue weighted by Gasteiger charge is -2.12. The van der Waals surface area contributed by atoms with Gasteiger partial charge in [0, 0.05) is 24.5 Å². The van der Waals surface area contributed by atoms with Crippen LogP contribution in [0.3, 0.4) is 0 Å². The summed E-state index contributed by atoms with van der Waals surface area (Å²) >= 11 is 0. The van der Waals surface area contributed by atoms with Gasteiger partial charge in [0.1, 0.15) is 5.75 Å². The molecule has 218 valence electrons. The van der Waals surface area contributed by atoms with Crippen LogP contribution in [-0.4, -0.2) is 23.7 Å². The second-order valence-electron chi connectivity index (χ2n) is 9.36. The maximum atomic E-state index is 12.2. The van der Waals surface area contributed by atoms with Crippen molar-refractivity contribution in [2.24, 2.45) is 0 Å². The van der Waals surface area contributed by atoms with Crippen LogP contribution in [0.5, 0.6) is 17.2 Å². The van der Waals surface area contributed by atoms with Crippen molar-refractivity contribution in [3.63, 3.8) is 0 Å². The van der Waals surface area contributed by atoms with Gasteiger partial charge in [0.25, 0.3) is 0 Å². The minimum Gasteiger partial charge on any atom is -0.427 e. The highest BCUT2D eigenvalue weighted by atomic mass is 16.6. The fraction of sp³-hybridized carbons (Fsp3) is 0.200. The topological polar surface area (TPSA) is 96.0 Å². The van der Waals surface area contributed by atoms with Crippen molar-refractivity contribution in [3.8, 4) is 28.4 Å². The Hall–Kier alpha value is -5.04. The Morgan fingerprint density at radius 3 is 1.95 bits per heavy atom. The Labute approximate surface area is 247 Å².